The largest absolute Gasteiger partial charge is 0.476 e. The van der Waals surface area contributed by atoms with Crippen LogP contribution < -0.4 is 5.73 Å². The number of benzene rings is 1. The van der Waals surface area contributed by atoms with Crippen molar-refractivity contribution in [3.8, 4) is 0 Å². The van der Waals surface area contributed by atoms with E-state index in [1.54, 1.807) is 6.07 Å². The second-order valence-electron chi connectivity index (χ2n) is 2.87. The zero-order valence-electron chi connectivity index (χ0n) is 7.23. The highest BCUT2D eigenvalue weighted by molar-refractivity contribution is 7.13. The van der Waals surface area contributed by atoms with Crippen molar-refractivity contribution in [3.05, 3.63) is 29.5 Å². The fourth-order valence-electron chi connectivity index (χ4n) is 1.27. The van der Waals surface area contributed by atoms with Crippen molar-refractivity contribution < 1.29 is 9.90 Å². The van der Waals surface area contributed by atoms with E-state index in [-0.39, 0.29) is 5.69 Å². The fraction of sp³-hybridized carbons (Fsp3) is 0.111. The Balaban J connectivity index is 2.69. The molecule has 0 unspecified atom stereocenters. The summed E-state index contributed by atoms with van der Waals surface area (Å²) in [6.45, 7) is 0.408. The molecule has 0 fully saturated rings. The van der Waals surface area contributed by atoms with Crippen LogP contribution in [0.4, 0.5) is 0 Å². The van der Waals surface area contributed by atoms with E-state index in [4.69, 9.17) is 10.8 Å². The van der Waals surface area contributed by atoms with Crippen molar-refractivity contribution in [1.82, 2.24) is 4.37 Å². The number of aromatic nitrogens is 1. The molecule has 0 bridgehead atoms. The minimum Gasteiger partial charge on any atom is -0.476 e. The lowest BCUT2D eigenvalue weighted by molar-refractivity contribution is 0.0694. The SMILES string of the molecule is NCc1ccc2snc(C(=O)O)c2c1. The van der Waals surface area contributed by atoms with Gasteiger partial charge in [-0.15, -0.1) is 0 Å². The highest BCUT2D eigenvalue weighted by Crippen LogP contribution is 2.23. The molecular formula is C9H8N2O2S. The van der Waals surface area contributed by atoms with E-state index in [9.17, 15) is 4.79 Å². The van der Waals surface area contributed by atoms with Gasteiger partial charge >= 0.3 is 5.97 Å². The molecule has 72 valence electrons. The van der Waals surface area contributed by atoms with Crippen LogP contribution in [-0.2, 0) is 6.54 Å². The molecule has 4 nitrogen and oxygen atoms in total. The average Bonchev–Trinajstić information content (AvgIpc) is 2.59. The Kier molecular flexibility index (Phi) is 2.18. The van der Waals surface area contributed by atoms with Crippen molar-refractivity contribution >= 4 is 27.6 Å². The lowest BCUT2D eigenvalue weighted by Gasteiger charge is -1.96. The summed E-state index contributed by atoms with van der Waals surface area (Å²) in [5.41, 5.74) is 6.50. The van der Waals surface area contributed by atoms with Crippen LogP contribution in [-0.4, -0.2) is 15.4 Å². The standard InChI is InChI=1S/C9H8N2O2S/c10-4-5-1-2-7-6(3-5)8(9(12)13)11-14-7/h1-3H,4,10H2,(H,12,13). The summed E-state index contributed by atoms with van der Waals surface area (Å²) in [5.74, 6) is -0.995. The molecule has 14 heavy (non-hydrogen) atoms. The molecule has 0 amide bonds. The second kappa shape index (κ2) is 3.36. The van der Waals surface area contributed by atoms with E-state index in [0.717, 1.165) is 10.3 Å². The van der Waals surface area contributed by atoms with Crippen molar-refractivity contribution in [2.45, 2.75) is 6.54 Å². The zero-order chi connectivity index (χ0) is 10.1. The van der Waals surface area contributed by atoms with Crippen LogP contribution in [0.25, 0.3) is 10.1 Å². The van der Waals surface area contributed by atoms with E-state index in [2.05, 4.69) is 4.37 Å². The Morgan fingerprint density at radius 3 is 3.00 bits per heavy atom. The molecule has 5 heteroatoms. The van der Waals surface area contributed by atoms with Gasteiger partial charge in [0.15, 0.2) is 5.69 Å². The summed E-state index contributed by atoms with van der Waals surface area (Å²) < 4.78 is 4.75. The summed E-state index contributed by atoms with van der Waals surface area (Å²) in [4.78, 5) is 10.8. The molecule has 2 rings (SSSR count). The van der Waals surface area contributed by atoms with Gasteiger partial charge in [-0.1, -0.05) is 6.07 Å². The third-order valence-electron chi connectivity index (χ3n) is 1.97. The summed E-state index contributed by atoms with van der Waals surface area (Å²) >= 11 is 1.19. The van der Waals surface area contributed by atoms with Crippen LogP contribution in [0.15, 0.2) is 18.2 Å². The van der Waals surface area contributed by atoms with Crippen LogP contribution in [0, 0.1) is 0 Å². The Morgan fingerprint density at radius 2 is 2.36 bits per heavy atom. The first kappa shape index (κ1) is 9.11. The number of fused-ring (bicyclic) bond motifs is 1. The number of nitrogens with two attached hydrogens (primary N) is 1. The van der Waals surface area contributed by atoms with Crippen LogP contribution in [0.5, 0.6) is 0 Å². The molecule has 0 spiro atoms. The Morgan fingerprint density at radius 1 is 1.57 bits per heavy atom. The van der Waals surface area contributed by atoms with Crippen LogP contribution >= 0.6 is 11.5 Å². The first-order valence-corrected chi connectivity index (χ1v) is 4.81. The van der Waals surface area contributed by atoms with Crippen molar-refractivity contribution in [1.29, 1.82) is 0 Å². The maximum atomic E-state index is 10.8. The lowest BCUT2D eigenvalue weighted by Crippen LogP contribution is -1.98. The van der Waals surface area contributed by atoms with Gasteiger partial charge < -0.3 is 10.8 Å². The van der Waals surface area contributed by atoms with Crippen molar-refractivity contribution in [2.24, 2.45) is 5.73 Å². The number of rotatable bonds is 2. The Labute approximate surface area is 84.1 Å². The van der Waals surface area contributed by atoms with Gasteiger partial charge in [-0.2, -0.15) is 4.37 Å². The maximum absolute atomic E-state index is 10.8. The predicted octanol–water partition coefficient (Wildman–Crippen LogP) is 1.45. The quantitative estimate of drug-likeness (QED) is 0.783. The smallest absolute Gasteiger partial charge is 0.356 e. The number of carboxylic acids is 1. The molecule has 0 aliphatic carbocycles. The van der Waals surface area contributed by atoms with E-state index >= 15 is 0 Å². The molecule has 2 aromatic rings. The number of hydrogen-bond donors (Lipinski definition) is 2. The van der Waals surface area contributed by atoms with Crippen LogP contribution in [0.1, 0.15) is 16.1 Å². The topological polar surface area (TPSA) is 76.2 Å². The Bertz CT molecular complexity index is 493. The molecule has 1 heterocycles. The van der Waals surface area contributed by atoms with Gasteiger partial charge in [-0.05, 0) is 29.2 Å². The van der Waals surface area contributed by atoms with Gasteiger partial charge in [0.2, 0.25) is 0 Å². The first-order chi connectivity index (χ1) is 6.72. The minimum absolute atomic E-state index is 0.111. The summed E-state index contributed by atoms with van der Waals surface area (Å²) in [6, 6.07) is 5.51. The molecule has 1 aromatic carbocycles. The third kappa shape index (κ3) is 1.36. The number of hydrogen-bond acceptors (Lipinski definition) is 4. The van der Waals surface area contributed by atoms with E-state index in [1.165, 1.54) is 11.5 Å². The number of aromatic carboxylic acids is 1. The normalized spacial score (nSPS) is 10.6. The number of carbonyl (C=O) groups is 1. The molecule has 0 atom stereocenters. The maximum Gasteiger partial charge on any atom is 0.356 e. The number of carboxylic acid groups (broad SMARTS) is 1. The van der Waals surface area contributed by atoms with Gasteiger partial charge in [0, 0.05) is 11.9 Å². The molecule has 0 radical (unpaired) electrons. The molecule has 0 saturated heterocycles. The number of nitrogens with zero attached hydrogens (tertiary/aromatic N) is 1. The van der Waals surface area contributed by atoms with E-state index in [0.29, 0.717) is 11.9 Å². The molecule has 3 N–H and O–H groups in total. The van der Waals surface area contributed by atoms with Crippen LogP contribution in [0.2, 0.25) is 0 Å². The fourth-order valence-corrected chi connectivity index (χ4v) is 2.02. The molecule has 0 aliphatic rings. The van der Waals surface area contributed by atoms with E-state index in [1.807, 2.05) is 12.1 Å². The molecule has 0 aliphatic heterocycles. The zero-order valence-corrected chi connectivity index (χ0v) is 8.04. The average molecular weight is 208 g/mol. The molecule has 1 aromatic heterocycles. The van der Waals surface area contributed by atoms with Crippen molar-refractivity contribution in [2.75, 3.05) is 0 Å². The van der Waals surface area contributed by atoms with Crippen LogP contribution in [0.3, 0.4) is 0 Å². The van der Waals surface area contributed by atoms with Gasteiger partial charge in [-0.3, -0.25) is 0 Å². The predicted molar refractivity (Wildman–Crippen MR) is 54.5 cm³/mol. The van der Waals surface area contributed by atoms with Gasteiger partial charge in [0.1, 0.15) is 0 Å². The molecule has 0 saturated carbocycles. The first-order valence-electron chi connectivity index (χ1n) is 4.04. The Hall–Kier alpha value is -1.46. The summed E-state index contributed by atoms with van der Waals surface area (Å²) in [7, 11) is 0. The summed E-state index contributed by atoms with van der Waals surface area (Å²) in [6.07, 6.45) is 0. The highest BCUT2D eigenvalue weighted by atomic mass is 32.1. The highest BCUT2D eigenvalue weighted by Gasteiger charge is 2.12. The van der Waals surface area contributed by atoms with Gasteiger partial charge in [-0.25, -0.2) is 4.79 Å². The second-order valence-corrected chi connectivity index (χ2v) is 3.68. The monoisotopic (exact) mass is 208 g/mol. The van der Waals surface area contributed by atoms with Crippen molar-refractivity contribution in [3.63, 3.8) is 0 Å². The minimum atomic E-state index is -0.995. The van der Waals surface area contributed by atoms with Gasteiger partial charge in [0.25, 0.3) is 0 Å². The lowest BCUT2D eigenvalue weighted by atomic mass is 10.1. The van der Waals surface area contributed by atoms with E-state index < -0.39 is 5.97 Å². The summed E-state index contributed by atoms with van der Waals surface area (Å²) in [5, 5.41) is 9.52. The molecular weight excluding hydrogens is 200 g/mol. The third-order valence-corrected chi connectivity index (χ3v) is 2.80. The van der Waals surface area contributed by atoms with Gasteiger partial charge in [0.05, 0.1) is 4.70 Å².